The molecule has 3 nitrogen and oxygen atoms in total. The van der Waals surface area contributed by atoms with E-state index in [-0.39, 0.29) is 5.75 Å². The van der Waals surface area contributed by atoms with E-state index in [9.17, 15) is 5.11 Å². The van der Waals surface area contributed by atoms with Gasteiger partial charge in [0.15, 0.2) is 0 Å². The summed E-state index contributed by atoms with van der Waals surface area (Å²) in [6.07, 6.45) is 0. The maximum absolute atomic E-state index is 9.49. The molecule has 0 atom stereocenters. The number of nitrogens with zero attached hydrogens (tertiary/aromatic N) is 1. The van der Waals surface area contributed by atoms with Gasteiger partial charge in [-0.2, -0.15) is 5.26 Å². The first-order valence-electron chi connectivity index (χ1n) is 6.35. The lowest BCUT2D eigenvalue weighted by atomic mass is 9.93. The van der Waals surface area contributed by atoms with E-state index in [0.717, 1.165) is 22.3 Å². The van der Waals surface area contributed by atoms with E-state index < -0.39 is 0 Å². The van der Waals surface area contributed by atoms with Crippen LogP contribution in [-0.2, 0) is 0 Å². The fourth-order valence-electron chi connectivity index (χ4n) is 2.44. The number of phenols is 1. The summed E-state index contributed by atoms with van der Waals surface area (Å²) in [5.41, 5.74) is 4.80. The molecule has 3 heteroatoms. The molecule has 20 heavy (non-hydrogen) atoms. The largest absolute Gasteiger partial charge is 0.508 e. The van der Waals surface area contributed by atoms with Gasteiger partial charge < -0.3 is 9.84 Å². The van der Waals surface area contributed by atoms with Gasteiger partial charge in [0.2, 0.25) is 0 Å². The fourth-order valence-corrected chi connectivity index (χ4v) is 2.44. The van der Waals surface area contributed by atoms with Gasteiger partial charge in [0.25, 0.3) is 0 Å². The normalized spacial score (nSPS) is 13.4. The van der Waals surface area contributed by atoms with E-state index in [1.54, 1.807) is 18.2 Å². The summed E-state index contributed by atoms with van der Waals surface area (Å²) in [5.74, 6) is 0.897. The molecule has 1 aliphatic heterocycles. The summed E-state index contributed by atoms with van der Waals surface area (Å²) in [4.78, 5) is 0. The van der Waals surface area contributed by atoms with Crippen LogP contribution < -0.4 is 4.74 Å². The maximum atomic E-state index is 9.49. The van der Waals surface area contributed by atoms with E-state index in [2.05, 4.69) is 6.07 Å². The lowest BCUT2D eigenvalue weighted by Gasteiger charge is -2.22. The van der Waals surface area contributed by atoms with E-state index >= 15 is 0 Å². The monoisotopic (exact) mass is 263 g/mol. The Bertz CT molecular complexity index is 754. The molecule has 0 fully saturated rings. The van der Waals surface area contributed by atoms with Gasteiger partial charge in [-0.05, 0) is 42.3 Å². The molecule has 3 rings (SSSR count). The molecule has 0 amide bonds. The molecule has 2 aromatic carbocycles. The number of fused-ring (bicyclic) bond motifs is 1. The second-order valence-electron chi connectivity index (χ2n) is 4.77. The zero-order valence-electron chi connectivity index (χ0n) is 11.1. The molecule has 0 saturated carbocycles. The molecule has 0 bridgehead atoms. The first-order chi connectivity index (χ1) is 9.69. The van der Waals surface area contributed by atoms with Crippen LogP contribution in [0.4, 0.5) is 0 Å². The van der Waals surface area contributed by atoms with E-state index in [1.165, 1.54) is 0 Å². The fraction of sp³-hybridized carbons (Fsp3) is 0.118. The van der Waals surface area contributed by atoms with Crippen LogP contribution in [0.1, 0.15) is 23.6 Å². The van der Waals surface area contributed by atoms with Crippen molar-refractivity contribution in [3.05, 3.63) is 59.2 Å². The Morgan fingerprint density at radius 2 is 2.05 bits per heavy atom. The third-order valence-corrected chi connectivity index (χ3v) is 3.53. The van der Waals surface area contributed by atoms with Gasteiger partial charge in [0, 0.05) is 17.2 Å². The highest BCUT2D eigenvalue weighted by Gasteiger charge is 2.18. The van der Waals surface area contributed by atoms with Crippen LogP contribution in [0, 0.1) is 11.3 Å². The SMILES string of the molecule is CC1=C(c2cccc(C#N)c2)COc2cc(O)ccc21. The number of nitriles is 1. The predicted octanol–water partition coefficient (Wildman–Crippen LogP) is 3.59. The Morgan fingerprint density at radius 1 is 1.20 bits per heavy atom. The Labute approximate surface area is 117 Å². The number of allylic oxidation sites excluding steroid dienone is 1. The van der Waals surface area contributed by atoms with Crippen molar-refractivity contribution in [3.8, 4) is 17.6 Å². The summed E-state index contributed by atoms with van der Waals surface area (Å²) >= 11 is 0. The maximum Gasteiger partial charge on any atom is 0.130 e. The Morgan fingerprint density at radius 3 is 2.85 bits per heavy atom. The highest BCUT2D eigenvalue weighted by molar-refractivity contribution is 5.93. The second-order valence-corrected chi connectivity index (χ2v) is 4.77. The molecule has 0 spiro atoms. The number of hydrogen-bond acceptors (Lipinski definition) is 3. The molecule has 1 heterocycles. The van der Waals surface area contributed by atoms with Gasteiger partial charge in [0.1, 0.15) is 18.1 Å². The van der Waals surface area contributed by atoms with Crippen molar-refractivity contribution in [2.24, 2.45) is 0 Å². The molecular weight excluding hydrogens is 250 g/mol. The lowest BCUT2D eigenvalue weighted by molar-refractivity contribution is 0.361. The number of aromatic hydroxyl groups is 1. The summed E-state index contributed by atoms with van der Waals surface area (Å²) < 4.78 is 5.71. The quantitative estimate of drug-likeness (QED) is 0.855. The number of hydrogen-bond donors (Lipinski definition) is 1. The average Bonchev–Trinajstić information content (AvgIpc) is 2.47. The third-order valence-electron chi connectivity index (χ3n) is 3.53. The van der Waals surface area contributed by atoms with Gasteiger partial charge >= 0.3 is 0 Å². The van der Waals surface area contributed by atoms with E-state index in [1.807, 2.05) is 31.2 Å². The van der Waals surface area contributed by atoms with Crippen LogP contribution in [0.5, 0.6) is 11.5 Å². The molecule has 0 saturated heterocycles. The van der Waals surface area contributed by atoms with Crippen molar-refractivity contribution in [2.45, 2.75) is 6.92 Å². The van der Waals surface area contributed by atoms with Crippen molar-refractivity contribution in [2.75, 3.05) is 6.61 Å². The summed E-state index contributed by atoms with van der Waals surface area (Å²) in [6.45, 7) is 2.48. The van der Waals surface area contributed by atoms with Crippen molar-refractivity contribution < 1.29 is 9.84 Å². The van der Waals surface area contributed by atoms with Crippen LogP contribution in [0.15, 0.2) is 42.5 Å². The highest BCUT2D eigenvalue weighted by atomic mass is 16.5. The molecule has 1 aliphatic rings. The van der Waals surface area contributed by atoms with Crippen LogP contribution in [0.3, 0.4) is 0 Å². The summed E-state index contributed by atoms with van der Waals surface area (Å²) in [5, 5.41) is 18.5. The topological polar surface area (TPSA) is 53.2 Å². The van der Waals surface area contributed by atoms with Gasteiger partial charge in [0.05, 0.1) is 11.6 Å². The van der Waals surface area contributed by atoms with Gasteiger partial charge in [-0.3, -0.25) is 0 Å². The van der Waals surface area contributed by atoms with Crippen molar-refractivity contribution >= 4 is 11.1 Å². The van der Waals surface area contributed by atoms with E-state index in [0.29, 0.717) is 17.9 Å². The minimum absolute atomic E-state index is 0.200. The van der Waals surface area contributed by atoms with Gasteiger partial charge in [-0.1, -0.05) is 12.1 Å². The van der Waals surface area contributed by atoms with Crippen LogP contribution in [0.25, 0.3) is 11.1 Å². The summed E-state index contributed by atoms with van der Waals surface area (Å²) in [6, 6.07) is 14.8. The molecular formula is C17H13NO2. The van der Waals surface area contributed by atoms with E-state index in [4.69, 9.17) is 10.00 Å². The lowest BCUT2D eigenvalue weighted by Crippen LogP contribution is -2.09. The Balaban J connectivity index is 2.12. The molecule has 2 aromatic rings. The molecule has 0 unspecified atom stereocenters. The molecule has 0 aliphatic carbocycles. The third kappa shape index (κ3) is 2.02. The molecule has 98 valence electrons. The minimum Gasteiger partial charge on any atom is -0.508 e. The zero-order valence-corrected chi connectivity index (χ0v) is 11.1. The smallest absolute Gasteiger partial charge is 0.130 e. The van der Waals surface area contributed by atoms with Crippen molar-refractivity contribution in [1.82, 2.24) is 0 Å². The second kappa shape index (κ2) is 4.75. The zero-order chi connectivity index (χ0) is 14.1. The van der Waals surface area contributed by atoms with Gasteiger partial charge in [-0.15, -0.1) is 0 Å². The Kier molecular flexibility index (Phi) is 2.92. The van der Waals surface area contributed by atoms with Crippen molar-refractivity contribution in [3.63, 3.8) is 0 Å². The minimum atomic E-state index is 0.200. The highest BCUT2D eigenvalue weighted by Crippen LogP contribution is 2.38. The standard InChI is InChI=1S/C17H13NO2/c1-11-15-6-5-14(19)8-17(15)20-10-16(11)13-4-2-3-12(7-13)9-18/h2-8,19H,10H2,1H3. The number of phenolic OH excluding ortho intramolecular Hbond substituents is 1. The Hall–Kier alpha value is -2.73. The molecule has 0 aromatic heterocycles. The number of ether oxygens (including phenoxy) is 1. The number of rotatable bonds is 1. The van der Waals surface area contributed by atoms with Crippen LogP contribution in [0.2, 0.25) is 0 Å². The van der Waals surface area contributed by atoms with Crippen LogP contribution >= 0.6 is 0 Å². The first kappa shape index (κ1) is 12.3. The molecule has 0 radical (unpaired) electrons. The number of benzene rings is 2. The molecule has 1 N–H and O–H groups in total. The predicted molar refractivity (Wildman–Crippen MR) is 77.2 cm³/mol. The van der Waals surface area contributed by atoms with Crippen molar-refractivity contribution in [1.29, 1.82) is 5.26 Å². The van der Waals surface area contributed by atoms with Gasteiger partial charge in [-0.25, -0.2) is 0 Å². The average molecular weight is 263 g/mol. The summed E-state index contributed by atoms with van der Waals surface area (Å²) in [7, 11) is 0. The first-order valence-corrected chi connectivity index (χ1v) is 6.35. The van der Waals surface area contributed by atoms with Crippen LogP contribution in [-0.4, -0.2) is 11.7 Å².